The average molecular weight is 990 g/mol. The molecule has 0 spiro atoms. The van der Waals surface area contributed by atoms with Gasteiger partial charge in [0.05, 0.1) is 32.4 Å². The molecule has 0 aliphatic carbocycles. The predicted octanol–water partition coefficient (Wildman–Crippen LogP) is 10.6. The van der Waals surface area contributed by atoms with Crippen LogP contribution < -0.4 is 14.2 Å². The first-order chi connectivity index (χ1) is 30.7. The molecule has 3 fully saturated rings. The zero-order valence-electron chi connectivity index (χ0n) is 36.7. The van der Waals surface area contributed by atoms with Crippen LogP contribution in [0, 0.1) is 11.3 Å². The number of rotatable bonds is 11. The standard InChI is InChI=1S/C16H19F3N2O2.C15H19ClF3NO2.C14H17ClF3NO2/c1-2-7-21-8-5-15(22,6-9-21)13-4-3-12(11-20)14(10-13)23-16(17,18)19;1-2-7-20-8-5-14(21,6-9-20)11-3-4-12(16)13(10-11)22-15(17,18)19;1-2-19-7-5-13(20,6-8-19)10-3-4-11(15)12(9-10)21-14(16,17)18/h3-4,10,22H,2,5-9H2,1H3;3-4,10,21H,2,5-9H2,1H3;3-4,9,20H,2,5-8H2,1H3. The summed E-state index contributed by atoms with van der Waals surface area (Å²) >= 11 is 11.5. The number of nitrogens with zero attached hydrogens (tertiary/aromatic N) is 4. The van der Waals surface area contributed by atoms with Gasteiger partial charge in [-0.05, 0) is 124 Å². The van der Waals surface area contributed by atoms with Gasteiger partial charge in [0.1, 0.15) is 23.3 Å². The maximum Gasteiger partial charge on any atom is 0.573 e. The summed E-state index contributed by atoms with van der Waals surface area (Å²) in [4.78, 5) is 6.63. The highest BCUT2D eigenvalue weighted by molar-refractivity contribution is 6.32. The number of nitriles is 1. The molecule has 3 aliphatic rings. The molecule has 3 N–H and O–H groups in total. The second-order valence-electron chi connectivity index (χ2n) is 16.5. The number of piperidine rings is 3. The SMILES string of the molecule is CCCN1CCC(O)(c2ccc(C#N)c(OC(F)(F)F)c2)CC1.CCCN1CCC(O)(c2ccc(Cl)c(OC(F)(F)F)c2)CC1.CCN1CCC(O)(c2ccc(Cl)c(OC(F)(F)F)c2)CC1. The average Bonchev–Trinajstić information content (AvgIpc) is 3.23. The van der Waals surface area contributed by atoms with Crippen molar-refractivity contribution in [1.29, 1.82) is 5.26 Å². The highest BCUT2D eigenvalue weighted by Gasteiger charge is 2.39. The Morgan fingerprint density at radius 3 is 1.14 bits per heavy atom. The van der Waals surface area contributed by atoms with Crippen molar-refractivity contribution >= 4 is 23.2 Å². The molecule has 3 heterocycles. The molecule has 0 bridgehead atoms. The van der Waals surface area contributed by atoms with E-state index in [-0.39, 0.29) is 15.6 Å². The highest BCUT2D eigenvalue weighted by atomic mass is 35.5. The molecule has 21 heteroatoms. The van der Waals surface area contributed by atoms with Crippen molar-refractivity contribution in [2.75, 3.05) is 58.9 Å². The molecule has 3 aromatic carbocycles. The molecular formula is C45H55Cl2F9N4O6. The van der Waals surface area contributed by atoms with Crippen molar-refractivity contribution in [2.24, 2.45) is 0 Å². The van der Waals surface area contributed by atoms with Crippen LogP contribution in [0.4, 0.5) is 39.5 Å². The molecule has 3 saturated heterocycles. The summed E-state index contributed by atoms with van der Waals surface area (Å²) in [7, 11) is 0. The largest absolute Gasteiger partial charge is 0.573 e. The predicted molar refractivity (Wildman–Crippen MR) is 229 cm³/mol. The number of aliphatic hydroxyl groups is 3. The molecule has 368 valence electrons. The van der Waals surface area contributed by atoms with Crippen LogP contribution in [0.25, 0.3) is 0 Å². The van der Waals surface area contributed by atoms with Crippen LogP contribution in [0.3, 0.4) is 0 Å². The summed E-state index contributed by atoms with van der Waals surface area (Å²) < 4.78 is 123. The molecule has 3 aromatic rings. The van der Waals surface area contributed by atoms with Gasteiger partial charge in [-0.15, -0.1) is 39.5 Å². The zero-order valence-corrected chi connectivity index (χ0v) is 38.2. The summed E-state index contributed by atoms with van der Waals surface area (Å²) in [5.74, 6) is -1.52. The molecule has 6 rings (SSSR count). The Balaban J connectivity index is 0.000000217. The van der Waals surface area contributed by atoms with E-state index in [0.717, 1.165) is 38.5 Å². The summed E-state index contributed by atoms with van der Waals surface area (Å²) in [6.07, 6.45) is -9.71. The molecule has 0 radical (unpaired) electrons. The lowest BCUT2D eigenvalue weighted by atomic mass is 9.84. The monoisotopic (exact) mass is 988 g/mol. The Morgan fingerprint density at radius 2 is 0.833 bits per heavy atom. The maximum atomic E-state index is 12.5. The summed E-state index contributed by atoms with van der Waals surface area (Å²) in [5.41, 5.74) is -2.51. The van der Waals surface area contributed by atoms with E-state index in [0.29, 0.717) is 94.5 Å². The molecule has 0 aromatic heterocycles. The third-order valence-electron chi connectivity index (χ3n) is 11.8. The zero-order chi connectivity index (χ0) is 49.1. The van der Waals surface area contributed by atoms with E-state index in [2.05, 4.69) is 42.8 Å². The van der Waals surface area contributed by atoms with Gasteiger partial charge < -0.3 is 44.2 Å². The maximum absolute atomic E-state index is 12.5. The van der Waals surface area contributed by atoms with Crippen LogP contribution in [0.2, 0.25) is 10.0 Å². The number of benzene rings is 3. The van der Waals surface area contributed by atoms with Gasteiger partial charge in [0.15, 0.2) is 0 Å². The number of ether oxygens (including phenoxy) is 3. The minimum atomic E-state index is -4.88. The molecule has 0 amide bonds. The minimum Gasteiger partial charge on any atom is -0.404 e. The number of hydrogen-bond donors (Lipinski definition) is 3. The quantitative estimate of drug-likeness (QED) is 0.160. The van der Waals surface area contributed by atoms with E-state index in [1.807, 2.05) is 6.92 Å². The van der Waals surface area contributed by atoms with E-state index in [9.17, 15) is 54.8 Å². The van der Waals surface area contributed by atoms with Crippen molar-refractivity contribution in [3.8, 4) is 23.3 Å². The van der Waals surface area contributed by atoms with Gasteiger partial charge in [0.2, 0.25) is 0 Å². The molecular weight excluding hydrogens is 934 g/mol. The Hall–Kier alpha value is -3.74. The van der Waals surface area contributed by atoms with Gasteiger partial charge in [0, 0.05) is 39.3 Å². The van der Waals surface area contributed by atoms with Crippen LogP contribution >= 0.6 is 23.2 Å². The lowest BCUT2D eigenvalue weighted by molar-refractivity contribution is -0.275. The smallest absolute Gasteiger partial charge is 0.404 e. The van der Waals surface area contributed by atoms with Crippen LogP contribution in [-0.2, 0) is 16.8 Å². The van der Waals surface area contributed by atoms with E-state index < -0.39 is 53.1 Å². The Bertz CT molecular complexity index is 2060. The molecule has 66 heavy (non-hydrogen) atoms. The minimum absolute atomic E-state index is 0.131. The fourth-order valence-electron chi connectivity index (χ4n) is 8.14. The first-order valence-electron chi connectivity index (χ1n) is 21.5. The third kappa shape index (κ3) is 16.2. The van der Waals surface area contributed by atoms with E-state index in [1.54, 1.807) is 18.2 Å². The van der Waals surface area contributed by atoms with Gasteiger partial charge in [-0.1, -0.05) is 62.2 Å². The number of likely N-dealkylation sites (tertiary alicyclic amines) is 3. The van der Waals surface area contributed by atoms with E-state index >= 15 is 0 Å². The van der Waals surface area contributed by atoms with Crippen molar-refractivity contribution in [3.63, 3.8) is 0 Å². The Morgan fingerprint density at radius 1 is 0.530 bits per heavy atom. The van der Waals surface area contributed by atoms with Crippen molar-refractivity contribution in [3.05, 3.63) is 86.9 Å². The Labute approximate surface area is 388 Å². The molecule has 3 aliphatic heterocycles. The normalized spacial score (nSPS) is 19.0. The van der Waals surface area contributed by atoms with Crippen LogP contribution in [0.1, 0.15) is 94.4 Å². The van der Waals surface area contributed by atoms with Crippen molar-refractivity contribution in [2.45, 2.75) is 108 Å². The number of halogens is 11. The second-order valence-corrected chi connectivity index (χ2v) is 17.3. The second kappa shape index (κ2) is 23.0. The Kier molecular flexibility index (Phi) is 19.2. The van der Waals surface area contributed by atoms with Crippen molar-refractivity contribution < 1.29 is 69.0 Å². The van der Waals surface area contributed by atoms with Gasteiger partial charge in [-0.25, -0.2) is 0 Å². The first kappa shape index (κ1) is 54.9. The van der Waals surface area contributed by atoms with Crippen LogP contribution in [0.5, 0.6) is 17.2 Å². The van der Waals surface area contributed by atoms with Gasteiger partial charge in [0.25, 0.3) is 0 Å². The summed E-state index contributed by atoms with van der Waals surface area (Å²) in [5, 5.41) is 40.8. The van der Waals surface area contributed by atoms with Crippen LogP contribution in [-0.4, -0.2) is 108 Å². The summed E-state index contributed by atoms with van der Waals surface area (Å²) in [6, 6.07) is 13.7. The highest BCUT2D eigenvalue weighted by Crippen LogP contribution is 2.41. The van der Waals surface area contributed by atoms with Gasteiger partial charge in [-0.2, -0.15) is 5.26 Å². The third-order valence-corrected chi connectivity index (χ3v) is 12.5. The summed E-state index contributed by atoms with van der Waals surface area (Å²) in [6.45, 7) is 13.1. The molecule has 0 saturated carbocycles. The number of hydrogen-bond acceptors (Lipinski definition) is 10. The van der Waals surface area contributed by atoms with E-state index in [1.165, 1.54) is 36.4 Å². The lowest BCUT2D eigenvalue weighted by Gasteiger charge is -2.38. The van der Waals surface area contributed by atoms with Gasteiger partial charge in [-0.3, -0.25) is 0 Å². The molecule has 10 nitrogen and oxygen atoms in total. The molecule has 0 atom stereocenters. The van der Waals surface area contributed by atoms with Gasteiger partial charge >= 0.3 is 19.1 Å². The number of alkyl halides is 9. The molecule has 0 unspecified atom stereocenters. The topological polar surface area (TPSA) is 122 Å². The fourth-order valence-corrected chi connectivity index (χ4v) is 8.45. The first-order valence-corrected chi connectivity index (χ1v) is 22.3. The van der Waals surface area contributed by atoms with Crippen molar-refractivity contribution in [1.82, 2.24) is 14.7 Å². The lowest BCUT2D eigenvalue weighted by Crippen LogP contribution is -2.42. The van der Waals surface area contributed by atoms with E-state index in [4.69, 9.17) is 28.5 Å². The fraction of sp³-hybridized carbons (Fsp3) is 0.578. The van der Waals surface area contributed by atoms with Crippen LogP contribution in [0.15, 0.2) is 54.6 Å².